The smallest absolute Gasteiger partial charge is 0.308 e. The van der Waals surface area contributed by atoms with E-state index in [-0.39, 0.29) is 23.8 Å². The summed E-state index contributed by atoms with van der Waals surface area (Å²) in [6, 6.07) is 18.7. The zero-order chi connectivity index (χ0) is 20.6. The summed E-state index contributed by atoms with van der Waals surface area (Å²) in [6.45, 7) is 0.0779. The van der Waals surface area contributed by atoms with Crippen molar-refractivity contribution in [3.8, 4) is 0 Å². The summed E-state index contributed by atoms with van der Waals surface area (Å²) < 4.78 is 28.2. The Hall–Kier alpha value is -3.39. The van der Waals surface area contributed by atoms with Gasteiger partial charge in [-0.25, -0.2) is 8.42 Å². The molecule has 1 atom stereocenters. The van der Waals surface area contributed by atoms with Gasteiger partial charge in [-0.3, -0.25) is 14.3 Å². The third kappa shape index (κ3) is 3.66. The molecule has 8 heteroatoms. The first kappa shape index (κ1) is 18.9. The van der Waals surface area contributed by atoms with Crippen molar-refractivity contribution < 1.29 is 23.1 Å². The van der Waals surface area contributed by atoms with Crippen LogP contribution >= 0.6 is 0 Å². The molecule has 0 radical (unpaired) electrons. The molecule has 1 amide bonds. The number of anilines is 2. The number of carboxylic acids is 1. The van der Waals surface area contributed by atoms with Crippen molar-refractivity contribution in [2.24, 2.45) is 5.92 Å². The van der Waals surface area contributed by atoms with Crippen LogP contribution in [0, 0.1) is 5.92 Å². The van der Waals surface area contributed by atoms with Gasteiger partial charge >= 0.3 is 5.97 Å². The third-order valence-corrected chi connectivity index (χ3v) is 6.35. The first-order valence-corrected chi connectivity index (χ1v) is 10.5. The van der Waals surface area contributed by atoms with E-state index in [0.29, 0.717) is 11.4 Å². The number of hydrogen-bond acceptors (Lipinski definition) is 4. The molecular weight excluding hydrogens is 392 g/mol. The lowest BCUT2D eigenvalue weighted by Crippen LogP contribution is -2.25. The number of carbonyl (C=O) groups excluding carboxylic acids is 1. The van der Waals surface area contributed by atoms with Crippen molar-refractivity contribution in [2.45, 2.75) is 11.3 Å². The molecule has 0 spiro atoms. The van der Waals surface area contributed by atoms with E-state index in [1.165, 1.54) is 29.2 Å². The molecule has 1 heterocycles. The Morgan fingerprint density at radius 1 is 1.00 bits per heavy atom. The van der Waals surface area contributed by atoms with Crippen molar-refractivity contribution >= 4 is 44.0 Å². The van der Waals surface area contributed by atoms with Crippen LogP contribution in [0.15, 0.2) is 71.6 Å². The molecule has 3 aromatic rings. The number of nitrogens with one attached hydrogen (secondary N) is 1. The molecular formula is C21H18N2O5S. The van der Waals surface area contributed by atoms with Gasteiger partial charge in [0.1, 0.15) is 0 Å². The lowest BCUT2D eigenvalue weighted by atomic mass is 10.1. The number of amides is 1. The molecule has 1 aliphatic heterocycles. The summed E-state index contributed by atoms with van der Waals surface area (Å²) in [4.78, 5) is 24.6. The van der Waals surface area contributed by atoms with E-state index in [1.54, 1.807) is 12.1 Å². The number of fused-ring (bicyclic) bond motifs is 1. The van der Waals surface area contributed by atoms with Gasteiger partial charge in [0.05, 0.1) is 16.5 Å². The largest absolute Gasteiger partial charge is 0.481 e. The summed E-state index contributed by atoms with van der Waals surface area (Å²) >= 11 is 0. The summed E-state index contributed by atoms with van der Waals surface area (Å²) in [5.74, 6) is -2.06. The highest BCUT2D eigenvalue weighted by atomic mass is 32.2. The number of rotatable bonds is 5. The number of carbonyl (C=O) groups is 2. The number of carboxylic acid groups (broad SMARTS) is 1. The van der Waals surface area contributed by atoms with Crippen LogP contribution in [0.5, 0.6) is 0 Å². The van der Waals surface area contributed by atoms with Gasteiger partial charge in [0.25, 0.3) is 10.0 Å². The van der Waals surface area contributed by atoms with Crippen LogP contribution in [0.2, 0.25) is 0 Å². The van der Waals surface area contributed by atoms with Crippen LogP contribution in [0.1, 0.15) is 6.42 Å². The van der Waals surface area contributed by atoms with E-state index >= 15 is 0 Å². The fourth-order valence-electron chi connectivity index (χ4n) is 3.45. The first-order chi connectivity index (χ1) is 13.8. The minimum atomic E-state index is -3.83. The second-order valence-corrected chi connectivity index (χ2v) is 8.55. The zero-order valence-corrected chi connectivity index (χ0v) is 16.1. The minimum absolute atomic E-state index is 0.0515. The topological polar surface area (TPSA) is 104 Å². The number of benzene rings is 3. The standard InChI is InChI=1S/C21H18N2O5S/c24-20-12-15(21(25)26)13-23(20)16-8-10-17(11-9-16)29(27,28)22-19-7-3-5-14-4-1-2-6-18(14)19/h1-11,15,22H,12-13H2,(H,25,26)/t15-/m1/s1. The monoisotopic (exact) mass is 410 g/mol. The lowest BCUT2D eigenvalue weighted by Gasteiger charge is -2.17. The number of sulfonamides is 1. The molecule has 1 saturated heterocycles. The Balaban J connectivity index is 1.58. The number of nitrogens with zero attached hydrogens (tertiary/aromatic N) is 1. The van der Waals surface area contributed by atoms with Crippen molar-refractivity contribution in [1.82, 2.24) is 0 Å². The van der Waals surface area contributed by atoms with Crippen molar-refractivity contribution in [3.63, 3.8) is 0 Å². The van der Waals surface area contributed by atoms with Gasteiger partial charge in [-0.1, -0.05) is 36.4 Å². The van der Waals surface area contributed by atoms with Crippen LogP contribution in [0.3, 0.4) is 0 Å². The van der Waals surface area contributed by atoms with Crippen molar-refractivity contribution in [3.05, 3.63) is 66.7 Å². The van der Waals surface area contributed by atoms with Crippen LogP contribution < -0.4 is 9.62 Å². The van der Waals surface area contributed by atoms with Crippen LogP contribution in [0.25, 0.3) is 10.8 Å². The Morgan fingerprint density at radius 3 is 2.38 bits per heavy atom. The molecule has 7 nitrogen and oxygen atoms in total. The third-order valence-electron chi connectivity index (χ3n) is 4.97. The fraction of sp³-hybridized carbons (Fsp3) is 0.143. The Labute approximate surface area is 167 Å². The first-order valence-electron chi connectivity index (χ1n) is 8.99. The second kappa shape index (κ2) is 7.21. The maximum Gasteiger partial charge on any atom is 0.308 e. The highest BCUT2D eigenvalue weighted by molar-refractivity contribution is 7.92. The van der Waals surface area contributed by atoms with Gasteiger partial charge in [-0.2, -0.15) is 0 Å². The predicted molar refractivity (Wildman–Crippen MR) is 109 cm³/mol. The number of aliphatic carboxylic acids is 1. The SMILES string of the molecule is O=C(O)[C@@H]1CC(=O)N(c2ccc(S(=O)(=O)Nc3cccc4ccccc34)cc2)C1. The van der Waals surface area contributed by atoms with Gasteiger partial charge in [0, 0.05) is 24.0 Å². The maximum atomic E-state index is 12.8. The molecule has 0 unspecified atom stereocenters. The van der Waals surface area contributed by atoms with E-state index in [0.717, 1.165) is 10.8 Å². The lowest BCUT2D eigenvalue weighted by molar-refractivity contribution is -0.141. The van der Waals surface area contributed by atoms with Crippen molar-refractivity contribution in [2.75, 3.05) is 16.2 Å². The Kier molecular flexibility index (Phi) is 4.71. The molecule has 0 aromatic heterocycles. The summed E-state index contributed by atoms with van der Waals surface area (Å²) in [6.07, 6.45) is -0.0575. The molecule has 148 valence electrons. The van der Waals surface area contributed by atoms with E-state index < -0.39 is 21.9 Å². The van der Waals surface area contributed by atoms with E-state index in [4.69, 9.17) is 5.11 Å². The van der Waals surface area contributed by atoms with Gasteiger partial charge in [-0.15, -0.1) is 0 Å². The van der Waals surface area contributed by atoms with Gasteiger partial charge < -0.3 is 10.0 Å². The summed E-state index contributed by atoms with van der Waals surface area (Å²) in [7, 11) is -3.83. The van der Waals surface area contributed by atoms with Crippen molar-refractivity contribution in [1.29, 1.82) is 0 Å². The van der Waals surface area contributed by atoms with Crippen LogP contribution in [0.4, 0.5) is 11.4 Å². The Morgan fingerprint density at radius 2 is 1.69 bits per heavy atom. The molecule has 0 saturated carbocycles. The van der Waals surface area contributed by atoms with E-state index in [2.05, 4.69) is 4.72 Å². The van der Waals surface area contributed by atoms with Crippen LogP contribution in [-0.2, 0) is 19.6 Å². The molecule has 29 heavy (non-hydrogen) atoms. The average molecular weight is 410 g/mol. The van der Waals surface area contributed by atoms with E-state index in [9.17, 15) is 18.0 Å². The Bertz CT molecular complexity index is 1200. The molecule has 0 bridgehead atoms. The highest BCUT2D eigenvalue weighted by Crippen LogP contribution is 2.28. The molecule has 2 N–H and O–H groups in total. The predicted octanol–water partition coefficient (Wildman–Crippen LogP) is 3.08. The zero-order valence-electron chi connectivity index (χ0n) is 15.3. The summed E-state index contributed by atoms with van der Waals surface area (Å²) in [5.41, 5.74) is 0.953. The fourth-order valence-corrected chi connectivity index (χ4v) is 4.53. The molecule has 1 fully saturated rings. The second-order valence-electron chi connectivity index (χ2n) is 6.87. The normalized spacial score (nSPS) is 16.9. The van der Waals surface area contributed by atoms with E-state index in [1.807, 2.05) is 30.3 Å². The van der Waals surface area contributed by atoms with Crippen LogP contribution in [-0.4, -0.2) is 31.9 Å². The average Bonchev–Trinajstić information content (AvgIpc) is 3.10. The maximum absolute atomic E-state index is 12.8. The molecule has 0 aliphatic carbocycles. The molecule has 1 aliphatic rings. The quantitative estimate of drug-likeness (QED) is 0.673. The minimum Gasteiger partial charge on any atom is -0.481 e. The molecule has 4 rings (SSSR count). The van der Waals surface area contributed by atoms with Gasteiger partial charge in [-0.05, 0) is 35.7 Å². The summed E-state index contributed by atoms with van der Waals surface area (Å²) in [5, 5.41) is 10.8. The molecule has 3 aromatic carbocycles. The number of hydrogen-bond donors (Lipinski definition) is 2. The highest BCUT2D eigenvalue weighted by Gasteiger charge is 2.35. The van der Waals surface area contributed by atoms with Gasteiger partial charge in [0.2, 0.25) is 5.91 Å². The van der Waals surface area contributed by atoms with Gasteiger partial charge in [0.15, 0.2) is 0 Å².